The Hall–Kier alpha value is -2.56. The fourth-order valence-corrected chi connectivity index (χ4v) is 8.31. The molecule has 0 aliphatic rings. The molecule has 0 aromatic heterocycles. The van der Waals surface area contributed by atoms with Crippen LogP contribution < -0.4 is 0 Å². The number of phosphoric ester groups is 1. The average Bonchev–Trinajstić information content (AvgIpc) is 3.32. The van der Waals surface area contributed by atoms with Gasteiger partial charge in [-0.15, -0.1) is 0 Å². The number of allylic oxidation sites excluding steroid dienone is 8. The SMILES string of the molecule is CC/C=C\C/C=C\C/C=C\CCCCCCCCCC(=O)OCC(COP(=O)(O)OCC(CO)OC(=O)CCCCCCC/C=C\CCCC)OC(=O)CCCCCCCCCCCCCCC. The number of carbonyl (C=O) groups excluding carboxylic acids is 3. The fourth-order valence-electron chi connectivity index (χ4n) is 7.53. The van der Waals surface area contributed by atoms with Crippen LogP contribution in [0.4, 0.5) is 0 Å². The number of unbranched alkanes of at least 4 members (excludes halogenated alkanes) is 26. The van der Waals surface area contributed by atoms with Gasteiger partial charge in [0.05, 0.1) is 19.8 Å². The second kappa shape index (κ2) is 50.8. The maximum atomic E-state index is 12.9. The molecular weight excluding hydrogens is 880 g/mol. The fraction of sp³-hybridized carbons (Fsp3) is 0.804. The van der Waals surface area contributed by atoms with E-state index in [0.29, 0.717) is 19.3 Å². The molecule has 0 saturated carbocycles. The summed E-state index contributed by atoms with van der Waals surface area (Å²) in [6.45, 7) is 4.48. The van der Waals surface area contributed by atoms with Crippen molar-refractivity contribution in [2.75, 3.05) is 26.4 Å². The molecule has 0 radical (unpaired) electrons. The van der Waals surface area contributed by atoms with E-state index in [2.05, 4.69) is 69.4 Å². The van der Waals surface area contributed by atoms with E-state index in [-0.39, 0.29) is 25.9 Å². The molecule has 0 aliphatic carbocycles. The molecule has 0 rings (SSSR count). The summed E-state index contributed by atoms with van der Waals surface area (Å²) in [4.78, 5) is 48.4. The average molecular weight is 981 g/mol. The zero-order valence-electron chi connectivity index (χ0n) is 43.6. The monoisotopic (exact) mass is 981 g/mol. The minimum atomic E-state index is -4.74. The van der Waals surface area contributed by atoms with Crippen molar-refractivity contribution in [3.8, 4) is 0 Å². The molecule has 396 valence electrons. The molecular formula is C56H101O11P. The van der Waals surface area contributed by atoms with E-state index >= 15 is 0 Å². The summed E-state index contributed by atoms with van der Waals surface area (Å²) < 4.78 is 39.4. The van der Waals surface area contributed by atoms with Crippen molar-refractivity contribution in [3.63, 3.8) is 0 Å². The van der Waals surface area contributed by atoms with Gasteiger partial charge in [0.1, 0.15) is 12.7 Å². The van der Waals surface area contributed by atoms with Crippen LogP contribution in [0.25, 0.3) is 0 Å². The van der Waals surface area contributed by atoms with E-state index in [1.54, 1.807) is 0 Å². The van der Waals surface area contributed by atoms with Crippen molar-refractivity contribution in [1.29, 1.82) is 0 Å². The first kappa shape index (κ1) is 65.4. The number of ether oxygens (including phenoxy) is 3. The molecule has 0 saturated heterocycles. The lowest BCUT2D eigenvalue weighted by atomic mass is 10.0. The Morgan fingerprint density at radius 2 is 0.779 bits per heavy atom. The minimum absolute atomic E-state index is 0.168. The highest BCUT2D eigenvalue weighted by atomic mass is 31.2. The first-order chi connectivity index (χ1) is 33.2. The third-order valence-electron chi connectivity index (χ3n) is 11.7. The molecule has 3 atom stereocenters. The van der Waals surface area contributed by atoms with Gasteiger partial charge in [-0.05, 0) is 70.6 Å². The zero-order valence-corrected chi connectivity index (χ0v) is 44.5. The lowest BCUT2D eigenvalue weighted by molar-refractivity contribution is -0.161. The van der Waals surface area contributed by atoms with Gasteiger partial charge >= 0.3 is 25.7 Å². The Labute approximate surface area is 415 Å². The first-order valence-corrected chi connectivity index (χ1v) is 29.0. The van der Waals surface area contributed by atoms with Crippen molar-refractivity contribution in [3.05, 3.63) is 48.6 Å². The standard InChI is InChI=1S/C56H101O11P/c1-4-7-10-13-16-19-22-24-25-26-27-29-31-33-36-39-42-45-54(58)63-49-53(67-56(60)47-44-41-38-35-32-28-23-20-17-14-11-8-5-2)51-65-68(61,62)64-50-52(48-57)66-55(59)46-43-40-37-34-30-21-18-15-12-9-6-3/h7,10,15-16,18-19,24-25,52-53,57H,4-6,8-9,11-14,17,20-23,26-51H2,1-3H3,(H,61,62)/b10-7-,18-15-,19-16-,25-24-. The normalized spacial score (nSPS) is 13.8. The highest BCUT2D eigenvalue weighted by Crippen LogP contribution is 2.43. The highest BCUT2D eigenvalue weighted by molar-refractivity contribution is 7.47. The van der Waals surface area contributed by atoms with Crippen LogP contribution in [0.1, 0.15) is 252 Å². The van der Waals surface area contributed by atoms with Crippen molar-refractivity contribution >= 4 is 25.7 Å². The Morgan fingerprint density at radius 3 is 1.24 bits per heavy atom. The summed E-state index contributed by atoms with van der Waals surface area (Å²) >= 11 is 0. The summed E-state index contributed by atoms with van der Waals surface area (Å²) in [6, 6.07) is 0. The van der Waals surface area contributed by atoms with E-state index in [0.717, 1.165) is 109 Å². The third-order valence-corrected chi connectivity index (χ3v) is 12.7. The molecule has 0 heterocycles. The van der Waals surface area contributed by atoms with Gasteiger partial charge in [-0.1, -0.05) is 211 Å². The van der Waals surface area contributed by atoms with Gasteiger partial charge in [-0.2, -0.15) is 0 Å². The number of hydrogen-bond donors (Lipinski definition) is 2. The van der Waals surface area contributed by atoms with Crippen LogP contribution in [0.15, 0.2) is 48.6 Å². The van der Waals surface area contributed by atoms with Crippen LogP contribution in [0, 0.1) is 0 Å². The van der Waals surface area contributed by atoms with Crippen LogP contribution in [0.5, 0.6) is 0 Å². The number of phosphoric acid groups is 1. The van der Waals surface area contributed by atoms with Crippen LogP contribution in [-0.4, -0.2) is 66.5 Å². The summed E-state index contributed by atoms with van der Waals surface area (Å²) in [7, 11) is -4.74. The van der Waals surface area contributed by atoms with Gasteiger partial charge in [-0.25, -0.2) is 4.57 Å². The van der Waals surface area contributed by atoms with E-state index in [9.17, 15) is 28.9 Å². The van der Waals surface area contributed by atoms with Gasteiger partial charge in [0.15, 0.2) is 6.10 Å². The van der Waals surface area contributed by atoms with Gasteiger partial charge < -0.3 is 24.2 Å². The van der Waals surface area contributed by atoms with E-state index in [1.807, 2.05) is 0 Å². The second-order valence-electron chi connectivity index (χ2n) is 18.4. The lowest BCUT2D eigenvalue weighted by Crippen LogP contribution is -2.30. The molecule has 2 N–H and O–H groups in total. The molecule has 3 unspecified atom stereocenters. The number of aliphatic hydroxyl groups excluding tert-OH is 1. The van der Waals surface area contributed by atoms with Crippen molar-refractivity contribution in [2.24, 2.45) is 0 Å². The van der Waals surface area contributed by atoms with Crippen molar-refractivity contribution in [2.45, 2.75) is 264 Å². The molecule has 0 aliphatic heterocycles. The Morgan fingerprint density at radius 1 is 0.426 bits per heavy atom. The van der Waals surface area contributed by atoms with Crippen LogP contribution in [-0.2, 0) is 42.2 Å². The van der Waals surface area contributed by atoms with Gasteiger partial charge in [0.2, 0.25) is 0 Å². The molecule has 0 spiro atoms. The quantitative estimate of drug-likeness (QED) is 0.0197. The Balaban J connectivity index is 4.72. The van der Waals surface area contributed by atoms with Crippen molar-refractivity contribution < 1.29 is 52.2 Å². The first-order valence-electron chi connectivity index (χ1n) is 27.5. The maximum absolute atomic E-state index is 12.9. The molecule has 11 nitrogen and oxygen atoms in total. The molecule has 68 heavy (non-hydrogen) atoms. The Bertz CT molecular complexity index is 1330. The van der Waals surface area contributed by atoms with E-state index in [1.165, 1.54) is 83.5 Å². The van der Waals surface area contributed by atoms with Gasteiger partial charge in [0, 0.05) is 19.3 Å². The molecule has 0 aromatic carbocycles. The summed E-state index contributed by atoms with van der Waals surface area (Å²) in [5.74, 6) is -1.47. The number of rotatable bonds is 51. The topological polar surface area (TPSA) is 155 Å². The largest absolute Gasteiger partial charge is 0.472 e. The molecule has 0 bridgehead atoms. The predicted octanol–water partition coefficient (Wildman–Crippen LogP) is 15.8. The minimum Gasteiger partial charge on any atom is -0.462 e. The van der Waals surface area contributed by atoms with Crippen LogP contribution in [0.2, 0.25) is 0 Å². The number of hydrogen-bond acceptors (Lipinski definition) is 10. The molecule has 0 fully saturated rings. The number of carbonyl (C=O) groups is 3. The molecule has 12 heteroatoms. The lowest BCUT2D eigenvalue weighted by Gasteiger charge is -2.21. The second-order valence-corrected chi connectivity index (χ2v) is 19.8. The number of aliphatic hydroxyl groups is 1. The summed E-state index contributed by atoms with van der Waals surface area (Å²) in [6.07, 6.45) is 52.2. The summed E-state index contributed by atoms with van der Waals surface area (Å²) in [5.41, 5.74) is 0. The van der Waals surface area contributed by atoms with Crippen LogP contribution >= 0.6 is 7.82 Å². The third kappa shape index (κ3) is 48.5. The Kier molecular flexibility index (Phi) is 48.9. The molecule has 0 amide bonds. The van der Waals surface area contributed by atoms with Gasteiger partial charge in [-0.3, -0.25) is 23.4 Å². The number of esters is 3. The molecule has 0 aromatic rings. The highest BCUT2D eigenvalue weighted by Gasteiger charge is 2.28. The predicted molar refractivity (Wildman–Crippen MR) is 279 cm³/mol. The van der Waals surface area contributed by atoms with E-state index in [4.69, 9.17) is 23.3 Å². The zero-order chi connectivity index (χ0) is 49.9. The maximum Gasteiger partial charge on any atom is 0.472 e. The van der Waals surface area contributed by atoms with E-state index < -0.39 is 57.8 Å². The summed E-state index contributed by atoms with van der Waals surface area (Å²) in [5, 5.41) is 9.77. The van der Waals surface area contributed by atoms with Gasteiger partial charge in [0.25, 0.3) is 0 Å². The van der Waals surface area contributed by atoms with Crippen molar-refractivity contribution in [1.82, 2.24) is 0 Å². The smallest absolute Gasteiger partial charge is 0.462 e. The van der Waals surface area contributed by atoms with Crippen LogP contribution in [0.3, 0.4) is 0 Å².